The zero-order valence-corrected chi connectivity index (χ0v) is 13.8. The van der Waals surface area contributed by atoms with E-state index in [-0.39, 0.29) is 43.2 Å². The van der Waals surface area contributed by atoms with Crippen molar-refractivity contribution in [2.75, 3.05) is 18.4 Å². The molecule has 0 saturated heterocycles. The number of anilines is 1. The van der Waals surface area contributed by atoms with Gasteiger partial charge >= 0.3 is 0 Å². The van der Waals surface area contributed by atoms with Gasteiger partial charge in [-0.25, -0.2) is 0 Å². The van der Waals surface area contributed by atoms with E-state index < -0.39 is 0 Å². The Hall–Kier alpha value is -1.59. The maximum atomic E-state index is 11.9. The van der Waals surface area contributed by atoms with Crippen LogP contribution in [0.25, 0.3) is 0 Å². The Morgan fingerprint density at radius 1 is 1.19 bits per heavy atom. The number of rotatable bonds is 5. The van der Waals surface area contributed by atoms with E-state index in [1.54, 1.807) is 6.92 Å². The van der Waals surface area contributed by atoms with Crippen LogP contribution in [0.3, 0.4) is 0 Å². The highest BCUT2D eigenvalue weighted by molar-refractivity contribution is 5.96. The van der Waals surface area contributed by atoms with Crippen molar-refractivity contribution in [1.82, 2.24) is 5.32 Å². The Kier molecular flexibility index (Phi) is 7.99. The maximum absolute atomic E-state index is 11.9. The quantitative estimate of drug-likeness (QED) is 0.773. The molecule has 5 nitrogen and oxygen atoms in total. The lowest BCUT2D eigenvalue weighted by atomic mass is 10.1. The molecular weight excluding hydrogens is 290 g/mol. The van der Waals surface area contributed by atoms with Gasteiger partial charge in [0.05, 0.1) is 6.54 Å². The molecular formula is C15H24ClN3O2. The van der Waals surface area contributed by atoms with Crippen LogP contribution in [0.1, 0.15) is 23.6 Å². The zero-order chi connectivity index (χ0) is 15.3. The number of carbonyl (C=O) groups is 2. The highest BCUT2D eigenvalue weighted by Gasteiger charge is 2.13. The Balaban J connectivity index is 0.00000400. The molecule has 1 aromatic rings. The number of halogens is 1. The zero-order valence-electron chi connectivity index (χ0n) is 12.9. The molecule has 118 valence electrons. The van der Waals surface area contributed by atoms with E-state index in [1.807, 2.05) is 32.9 Å². The van der Waals surface area contributed by atoms with Gasteiger partial charge in [-0.3, -0.25) is 9.59 Å². The molecule has 0 spiro atoms. The number of carbonyl (C=O) groups excluding carboxylic acids is 2. The minimum Gasteiger partial charge on any atom is -0.347 e. The van der Waals surface area contributed by atoms with Crippen LogP contribution < -0.4 is 16.4 Å². The molecule has 1 rings (SSSR count). The lowest BCUT2D eigenvalue weighted by Gasteiger charge is -2.14. The van der Waals surface area contributed by atoms with Crippen LogP contribution in [0, 0.1) is 26.7 Å². The third-order valence-electron chi connectivity index (χ3n) is 3.17. The molecule has 0 radical (unpaired) electrons. The number of nitrogens with two attached hydrogens (primary N) is 1. The monoisotopic (exact) mass is 313 g/mol. The first-order valence-corrected chi connectivity index (χ1v) is 6.70. The Labute approximate surface area is 132 Å². The Morgan fingerprint density at radius 3 is 2.19 bits per heavy atom. The molecule has 1 unspecified atom stereocenters. The van der Waals surface area contributed by atoms with Crippen molar-refractivity contribution < 1.29 is 9.59 Å². The second-order valence-electron chi connectivity index (χ2n) is 5.18. The fraction of sp³-hybridized carbons (Fsp3) is 0.467. The summed E-state index contributed by atoms with van der Waals surface area (Å²) in [5.41, 5.74) is 9.38. The SMILES string of the molecule is Cc1cc(C)c(NC(=O)CNC(=O)C(C)CN)c(C)c1.Cl. The number of aryl methyl sites for hydroxylation is 3. The molecule has 0 saturated carbocycles. The van der Waals surface area contributed by atoms with Crippen LogP contribution in [-0.2, 0) is 9.59 Å². The summed E-state index contributed by atoms with van der Waals surface area (Å²) in [5, 5.41) is 5.41. The molecule has 0 aliphatic rings. The average molecular weight is 314 g/mol. The largest absolute Gasteiger partial charge is 0.347 e. The first-order valence-electron chi connectivity index (χ1n) is 6.70. The number of hydrogen-bond donors (Lipinski definition) is 3. The van der Waals surface area contributed by atoms with Gasteiger partial charge in [0.2, 0.25) is 11.8 Å². The fourth-order valence-corrected chi connectivity index (χ4v) is 2.01. The molecule has 6 heteroatoms. The third-order valence-corrected chi connectivity index (χ3v) is 3.17. The van der Waals surface area contributed by atoms with Crippen LogP contribution >= 0.6 is 12.4 Å². The first kappa shape index (κ1) is 19.4. The second kappa shape index (κ2) is 8.64. The van der Waals surface area contributed by atoms with Gasteiger partial charge < -0.3 is 16.4 Å². The molecule has 0 fully saturated rings. The van der Waals surface area contributed by atoms with Crippen LogP contribution in [-0.4, -0.2) is 24.9 Å². The number of amides is 2. The van der Waals surface area contributed by atoms with Crippen molar-refractivity contribution in [1.29, 1.82) is 0 Å². The molecule has 0 aromatic heterocycles. The van der Waals surface area contributed by atoms with Crippen molar-refractivity contribution in [3.8, 4) is 0 Å². The van der Waals surface area contributed by atoms with Crippen LogP contribution in [0.2, 0.25) is 0 Å². The summed E-state index contributed by atoms with van der Waals surface area (Å²) in [6.07, 6.45) is 0. The highest BCUT2D eigenvalue weighted by Crippen LogP contribution is 2.21. The summed E-state index contributed by atoms with van der Waals surface area (Å²) < 4.78 is 0. The van der Waals surface area contributed by atoms with Gasteiger partial charge in [-0.1, -0.05) is 24.6 Å². The van der Waals surface area contributed by atoms with Crippen molar-refractivity contribution in [3.63, 3.8) is 0 Å². The summed E-state index contributed by atoms with van der Waals surface area (Å²) in [6.45, 7) is 7.86. The van der Waals surface area contributed by atoms with E-state index in [1.165, 1.54) is 0 Å². The van der Waals surface area contributed by atoms with Crippen molar-refractivity contribution in [2.45, 2.75) is 27.7 Å². The van der Waals surface area contributed by atoms with Gasteiger partial charge in [-0.15, -0.1) is 12.4 Å². The van der Waals surface area contributed by atoms with Gasteiger partial charge in [0.15, 0.2) is 0 Å². The Morgan fingerprint density at radius 2 is 1.71 bits per heavy atom. The lowest BCUT2D eigenvalue weighted by Crippen LogP contribution is -2.38. The first-order chi connectivity index (χ1) is 9.35. The van der Waals surface area contributed by atoms with E-state index in [2.05, 4.69) is 10.6 Å². The molecule has 0 bridgehead atoms. The van der Waals surface area contributed by atoms with Crippen LogP contribution in [0.15, 0.2) is 12.1 Å². The summed E-state index contributed by atoms with van der Waals surface area (Å²) in [5.74, 6) is -0.733. The average Bonchev–Trinajstić information content (AvgIpc) is 2.39. The van der Waals surface area contributed by atoms with Gasteiger partial charge in [0.25, 0.3) is 0 Å². The van der Waals surface area contributed by atoms with E-state index in [0.29, 0.717) is 0 Å². The molecule has 0 aliphatic heterocycles. The molecule has 1 atom stereocenters. The summed E-state index contributed by atoms with van der Waals surface area (Å²) in [4.78, 5) is 23.4. The summed E-state index contributed by atoms with van der Waals surface area (Å²) >= 11 is 0. The highest BCUT2D eigenvalue weighted by atomic mass is 35.5. The summed E-state index contributed by atoms with van der Waals surface area (Å²) in [6, 6.07) is 4.02. The molecule has 0 aliphatic carbocycles. The molecule has 1 aromatic carbocycles. The van der Waals surface area contributed by atoms with Gasteiger partial charge in [-0.05, 0) is 31.9 Å². The lowest BCUT2D eigenvalue weighted by molar-refractivity contribution is -0.126. The van der Waals surface area contributed by atoms with Crippen LogP contribution in [0.5, 0.6) is 0 Å². The van der Waals surface area contributed by atoms with E-state index in [0.717, 1.165) is 22.4 Å². The predicted octanol–water partition coefficient (Wildman–Crippen LogP) is 1.68. The second-order valence-corrected chi connectivity index (χ2v) is 5.18. The third kappa shape index (κ3) is 5.73. The molecule has 2 amide bonds. The summed E-state index contributed by atoms with van der Waals surface area (Å²) in [7, 11) is 0. The molecule has 0 heterocycles. The number of nitrogens with one attached hydrogen (secondary N) is 2. The normalized spacial score (nSPS) is 11.3. The van der Waals surface area contributed by atoms with Gasteiger partial charge in [0, 0.05) is 18.2 Å². The number of hydrogen-bond acceptors (Lipinski definition) is 3. The van der Waals surface area contributed by atoms with Crippen LogP contribution in [0.4, 0.5) is 5.69 Å². The van der Waals surface area contributed by atoms with Crippen molar-refractivity contribution in [2.24, 2.45) is 11.7 Å². The minimum atomic E-state index is -0.286. The van der Waals surface area contributed by atoms with Gasteiger partial charge in [0.1, 0.15) is 0 Å². The van der Waals surface area contributed by atoms with Gasteiger partial charge in [-0.2, -0.15) is 0 Å². The maximum Gasteiger partial charge on any atom is 0.243 e. The smallest absolute Gasteiger partial charge is 0.243 e. The standard InChI is InChI=1S/C15H23N3O2.ClH/c1-9-5-10(2)14(11(3)6-9)18-13(19)8-17-15(20)12(4)7-16;/h5-6,12H,7-8,16H2,1-4H3,(H,17,20)(H,18,19);1H. The predicted molar refractivity (Wildman–Crippen MR) is 87.8 cm³/mol. The molecule has 21 heavy (non-hydrogen) atoms. The van der Waals surface area contributed by atoms with Crippen molar-refractivity contribution >= 4 is 29.9 Å². The Bertz CT molecular complexity index is 495. The minimum absolute atomic E-state index is 0. The van der Waals surface area contributed by atoms with E-state index in [4.69, 9.17) is 5.73 Å². The van der Waals surface area contributed by atoms with E-state index >= 15 is 0 Å². The molecule has 4 N–H and O–H groups in total. The number of benzene rings is 1. The topological polar surface area (TPSA) is 84.2 Å². The van der Waals surface area contributed by atoms with E-state index in [9.17, 15) is 9.59 Å². The fourth-order valence-electron chi connectivity index (χ4n) is 2.01. The van der Waals surface area contributed by atoms with Crippen molar-refractivity contribution in [3.05, 3.63) is 28.8 Å².